The molecule has 3 N–H and O–H groups in total. The highest BCUT2D eigenvalue weighted by molar-refractivity contribution is 5.84. The van der Waals surface area contributed by atoms with Crippen LogP contribution in [-0.2, 0) is 14.3 Å². The SMILES string of the molecule is COCC(=O)NC(CC1CCNCC1)C(=O)O. The highest BCUT2D eigenvalue weighted by Crippen LogP contribution is 2.18. The number of carbonyl (C=O) groups excluding carboxylic acids is 1. The Hall–Kier alpha value is -1.14. The molecular formula is C11H20N2O4. The maximum atomic E-state index is 11.3. The van der Waals surface area contributed by atoms with E-state index in [1.807, 2.05) is 0 Å². The first-order valence-corrected chi connectivity index (χ1v) is 5.85. The number of amides is 1. The van der Waals surface area contributed by atoms with Gasteiger partial charge in [0.2, 0.25) is 5.91 Å². The van der Waals surface area contributed by atoms with E-state index in [2.05, 4.69) is 15.4 Å². The van der Waals surface area contributed by atoms with Gasteiger partial charge in [-0.05, 0) is 38.3 Å². The van der Waals surface area contributed by atoms with Gasteiger partial charge in [0.1, 0.15) is 12.6 Å². The molecule has 1 aliphatic heterocycles. The summed E-state index contributed by atoms with van der Waals surface area (Å²) in [7, 11) is 1.40. The molecule has 0 aromatic carbocycles. The Labute approximate surface area is 101 Å². The van der Waals surface area contributed by atoms with Crippen molar-refractivity contribution in [1.29, 1.82) is 0 Å². The van der Waals surface area contributed by atoms with Crippen LogP contribution in [0.25, 0.3) is 0 Å². The van der Waals surface area contributed by atoms with Gasteiger partial charge in [0.05, 0.1) is 0 Å². The van der Waals surface area contributed by atoms with Crippen LogP contribution in [-0.4, -0.2) is 49.8 Å². The number of hydrogen-bond acceptors (Lipinski definition) is 4. The normalized spacial score (nSPS) is 18.6. The number of methoxy groups -OCH3 is 1. The van der Waals surface area contributed by atoms with Crippen LogP contribution in [0, 0.1) is 5.92 Å². The maximum Gasteiger partial charge on any atom is 0.326 e. The topological polar surface area (TPSA) is 87.7 Å². The lowest BCUT2D eigenvalue weighted by atomic mass is 9.91. The molecule has 0 bridgehead atoms. The predicted molar refractivity (Wildman–Crippen MR) is 61.7 cm³/mol. The van der Waals surface area contributed by atoms with Gasteiger partial charge < -0.3 is 20.5 Å². The third-order valence-corrected chi connectivity index (χ3v) is 2.94. The summed E-state index contributed by atoms with van der Waals surface area (Å²) >= 11 is 0. The van der Waals surface area contributed by atoms with Crippen molar-refractivity contribution in [1.82, 2.24) is 10.6 Å². The first-order chi connectivity index (χ1) is 8.13. The lowest BCUT2D eigenvalue weighted by molar-refractivity contribution is -0.143. The van der Waals surface area contributed by atoms with Gasteiger partial charge in [0.15, 0.2) is 0 Å². The van der Waals surface area contributed by atoms with Crippen molar-refractivity contribution >= 4 is 11.9 Å². The summed E-state index contributed by atoms with van der Waals surface area (Å²) in [4.78, 5) is 22.3. The van der Waals surface area contributed by atoms with Gasteiger partial charge in [-0.1, -0.05) is 0 Å². The highest BCUT2D eigenvalue weighted by Gasteiger charge is 2.25. The summed E-state index contributed by atoms with van der Waals surface area (Å²) in [5.41, 5.74) is 0. The molecule has 0 radical (unpaired) electrons. The van der Waals surface area contributed by atoms with E-state index in [1.54, 1.807) is 0 Å². The average molecular weight is 244 g/mol. The Morgan fingerprint density at radius 1 is 1.47 bits per heavy atom. The Morgan fingerprint density at radius 2 is 2.12 bits per heavy atom. The smallest absolute Gasteiger partial charge is 0.326 e. The van der Waals surface area contributed by atoms with E-state index in [0.717, 1.165) is 25.9 Å². The molecule has 1 saturated heterocycles. The van der Waals surface area contributed by atoms with Gasteiger partial charge in [-0.3, -0.25) is 4.79 Å². The van der Waals surface area contributed by atoms with Gasteiger partial charge in [0.25, 0.3) is 0 Å². The Kier molecular flexibility index (Phi) is 5.93. The molecule has 0 saturated carbocycles. The maximum absolute atomic E-state index is 11.3. The molecule has 6 nitrogen and oxygen atoms in total. The quantitative estimate of drug-likeness (QED) is 0.591. The summed E-state index contributed by atoms with van der Waals surface area (Å²) in [6.07, 6.45) is 2.42. The zero-order chi connectivity index (χ0) is 12.7. The van der Waals surface area contributed by atoms with Crippen LogP contribution in [0.4, 0.5) is 0 Å². The standard InChI is InChI=1S/C11H20N2O4/c1-17-7-10(14)13-9(11(15)16)6-8-2-4-12-5-3-8/h8-9,12H,2-7H2,1H3,(H,13,14)(H,15,16). The lowest BCUT2D eigenvalue weighted by Gasteiger charge is -2.25. The number of carbonyl (C=O) groups is 2. The second-order valence-corrected chi connectivity index (χ2v) is 4.32. The molecule has 1 amide bonds. The number of carboxylic acids is 1. The van der Waals surface area contributed by atoms with Gasteiger partial charge >= 0.3 is 5.97 Å². The number of piperidine rings is 1. The predicted octanol–water partition coefficient (Wildman–Crippen LogP) is -0.408. The number of hydrogen-bond donors (Lipinski definition) is 3. The van der Waals surface area contributed by atoms with E-state index in [1.165, 1.54) is 7.11 Å². The molecule has 1 fully saturated rings. The minimum Gasteiger partial charge on any atom is -0.480 e. The van der Waals surface area contributed by atoms with Crippen molar-refractivity contribution in [2.24, 2.45) is 5.92 Å². The van der Waals surface area contributed by atoms with Crippen LogP contribution in [0.2, 0.25) is 0 Å². The fourth-order valence-electron chi connectivity index (χ4n) is 2.04. The average Bonchev–Trinajstić information content (AvgIpc) is 2.29. The number of aliphatic carboxylic acids is 1. The molecule has 0 aromatic heterocycles. The molecule has 1 unspecified atom stereocenters. The minimum atomic E-state index is -0.979. The zero-order valence-electron chi connectivity index (χ0n) is 10.1. The molecule has 1 rings (SSSR count). The van der Waals surface area contributed by atoms with Crippen molar-refractivity contribution in [2.45, 2.75) is 25.3 Å². The fourth-order valence-corrected chi connectivity index (χ4v) is 2.04. The van der Waals surface area contributed by atoms with E-state index in [0.29, 0.717) is 12.3 Å². The first kappa shape index (κ1) is 13.9. The van der Waals surface area contributed by atoms with Crippen molar-refractivity contribution < 1.29 is 19.4 Å². The van der Waals surface area contributed by atoms with E-state index >= 15 is 0 Å². The van der Waals surface area contributed by atoms with Gasteiger partial charge in [-0.15, -0.1) is 0 Å². The second kappa shape index (κ2) is 7.24. The Bertz CT molecular complexity index is 264. The Balaban J connectivity index is 2.41. The lowest BCUT2D eigenvalue weighted by Crippen LogP contribution is -2.44. The molecule has 6 heteroatoms. The first-order valence-electron chi connectivity index (χ1n) is 5.85. The van der Waals surface area contributed by atoms with E-state index in [4.69, 9.17) is 5.11 Å². The molecule has 0 spiro atoms. The van der Waals surface area contributed by atoms with Crippen molar-refractivity contribution in [3.8, 4) is 0 Å². The minimum absolute atomic E-state index is 0.101. The molecule has 1 heterocycles. The largest absolute Gasteiger partial charge is 0.480 e. The summed E-state index contributed by atoms with van der Waals surface area (Å²) < 4.78 is 4.66. The monoisotopic (exact) mass is 244 g/mol. The van der Waals surface area contributed by atoms with Crippen LogP contribution in [0.5, 0.6) is 0 Å². The van der Waals surface area contributed by atoms with E-state index < -0.39 is 12.0 Å². The third-order valence-electron chi connectivity index (χ3n) is 2.94. The number of nitrogens with one attached hydrogen (secondary N) is 2. The van der Waals surface area contributed by atoms with Crippen LogP contribution < -0.4 is 10.6 Å². The Morgan fingerprint density at radius 3 is 2.65 bits per heavy atom. The van der Waals surface area contributed by atoms with Crippen molar-refractivity contribution in [2.75, 3.05) is 26.8 Å². The number of ether oxygens (including phenoxy) is 1. The number of carboxylic acid groups (broad SMARTS) is 1. The fraction of sp³-hybridized carbons (Fsp3) is 0.818. The molecule has 98 valence electrons. The number of rotatable bonds is 6. The second-order valence-electron chi connectivity index (χ2n) is 4.32. The van der Waals surface area contributed by atoms with Crippen LogP contribution in [0.15, 0.2) is 0 Å². The van der Waals surface area contributed by atoms with Crippen molar-refractivity contribution in [3.63, 3.8) is 0 Å². The van der Waals surface area contributed by atoms with E-state index in [9.17, 15) is 9.59 Å². The van der Waals surface area contributed by atoms with Crippen LogP contribution in [0.1, 0.15) is 19.3 Å². The zero-order valence-corrected chi connectivity index (χ0v) is 10.1. The van der Waals surface area contributed by atoms with Gasteiger partial charge in [0, 0.05) is 7.11 Å². The molecular weight excluding hydrogens is 224 g/mol. The molecule has 17 heavy (non-hydrogen) atoms. The third kappa shape index (κ3) is 5.14. The summed E-state index contributed by atoms with van der Waals surface area (Å²) in [6, 6.07) is -0.805. The molecule has 1 atom stereocenters. The molecule has 0 aromatic rings. The van der Waals surface area contributed by atoms with Crippen molar-refractivity contribution in [3.05, 3.63) is 0 Å². The van der Waals surface area contributed by atoms with Gasteiger partial charge in [-0.2, -0.15) is 0 Å². The molecule has 0 aliphatic carbocycles. The van der Waals surface area contributed by atoms with E-state index in [-0.39, 0.29) is 12.5 Å². The highest BCUT2D eigenvalue weighted by atomic mass is 16.5. The van der Waals surface area contributed by atoms with Crippen LogP contribution in [0.3, 0.4) is 0 Å². The molecule has 1 aliphatic rings. The van der Waals surface area contributed by atoms with Crippen LogP contribution >= 0.6 is 0 Å². The summed E-state index contributed by atoms with van der Waals surface area (Å²) in [5, 5.41) is 14.8. The van der Waals surface area contributed by atoms with Gasteiger partial charge in [-0.25, -0.2) is 4.79 Å². The summed E-state index contributed by atoms with van der Waals surface area (Å²) in [5.74, 6) is -0.998. The summed E-state index contributed by atoms with van der Waals surface area (Å²) in [6.45, 7) is 1.74.